The molecule has 20 heavy (non-hydrogen) atoms. The van der Waals surface area contributed by atoms with E-state index in [1.54, 1.807) is 18.2 Å². The lowest BCUT2D eigenvalue weighted by Gasteiger charge is -2.11. The summed E-state index contributed by atoms with van der Waals surface area (Å²) in [5.41, 5.74) is 2.01. The number of anilines is 1. The lowest BCUT2D eigenvalue weighted by atomic mass is 10.1. The number of carbonyl (C=O) groups is 2. The number of rotatable bonds is 3. The van der Waals surface area contributed by atoms with Gasteiger partial charge in [-0.1, -0.05) is 0 Å². The van der Waals surface area contributed by atoms with Gasteiger partial charge in [-0.25, -0.2) is 4.79 Å². The van der Waals surface area contributed by atoms with Gasteiger partial charge in [0.05, 0.1) is 18.6 Å². The Morgan fingerprint density at radius 3 is 2.70 bits per heavy atom. The highest BCUT2D eigenvalue weighted by Gasteiger charge is 2.22. The molecule has 1 aromatic rings. The van der Waals surface area contributed by atoms with E-state index in [1.165, 1.54) is 7.11 Å². The number of halogens is 1. The minimum atomic E-state index is -0.365. The SMILES string of the molecule is COC(=O)c1ccc(NC(=O)C2CCNC2)cc1C.Cl. The Hall–Kier alpha value is -1.59. The number of nitrogens with one attached hydrogen (secondary N) is 2. The molecular weight excluding hydrogens is 280 g/mol. The van der Waals surface area contributed by atoms with E-state index in [1.807, 2.05) is 6.92 Å². The normalized spacial score (nSPS) is 17.2. The molecule has 2 N–H and O–H groups in total. The van der Waals surface area contributed by atoms with Crippen molar-refractivity contribution in [2.45, 2.75) is 13.3 Å². The highest BCUT2D eigenvalue weighted by molar-refractivity contribution is 5.95. The first kappa shape index (κ1) is 16.5. The van der Waals surface area contributed by atoms with E-state index in [0.717, 1.165) is 25.1 Å². The zero-order valence-corrected chi connectivity index (χ0v) is 12.4. The monoisotopic (exact) mass is 298 g/mol. The molecule has 1 heterocycles. The van der Waals surface area contributed by atoms with Crippen LogP contribution in [0.1, 0.15) is 22.3 Å². The number of hydrogen-bond donors (Lipinski definition) is 2. The van der Waals surface area contributed by atoms with Crippen molar-refractivity contribution in [1.29, 1.82) is 0 Å². The second-order valence-electron chi connectivity index (χ2n) is 4.70. The van der Waals surface area contributed by atoms with Crippen LogP contribution < -0.4 is 10.6 Å². The van der Waals surface area contributed by atoms with Gasteiger partial charge in [-0.2, -0.15) is 0 Å². The first-order valence-electron chi connectivity index (χ1n) is 6.32. The molecule has 1 fully saturated rings. The van der Waals surface area contributed by atoms with Gasteiger partial charge < -0.3 is 15.4 Å². The van der Waals surface area contributed by atoms with Crippen LogP contribution in [0.5, 0.6) is 0 Å². The molecule has 110 valence electrons. The van der Waals surface area contributed by atoms with Crippen molar-refractivity contribution in [2.24, 2.45) is 5.92 Å². The molecular formula is C14H19ClN2O3. The van der Waals surface area contributed by atoms with Crippen molar-refractivity contribution in [3.63, 3.8) is 0 Å². The van der Waals surface area contributed by atoms with Gasteiger partial charge in [-0.05, 0) is 43.7 Å². The van der Waals surface area contributed by atoms with E-state index in [2.05, 4.69) is 15.4 Å². The van der Waals surface area contributed by atoms with E-state index < -0.39 is 0 Å². The van der Waals surface area contributed by atoms with Gasteiger partial charge in [0.25, 0.3) is 0 Å². The zero-order chi connectivity index (χ0) is 13.8. The van der Waals surface area contributed by atoms with Crippen molar-refractivity contribution in [3.05, 3.63) is 29.3 Å². The fourth-order valence-corrected chi connectivity index (χ4v) is 2.20. The summed E-state index contributed by atoms with van der Waals surface area (Å²) in [6.45, 7) is 3.43. The van der Waals surface area contributed by atoms with E-state index in [0.29, 0.717) is 11.3 Å². The van der Waals surface area contributed by atoms with Crippen molar-refractivity contribution in [3.8, 4) is 0 Å². The first-order chi connectivity index (χ1) is 9.11. The summed E-state index contributed by atoms with van der Waals surface area (Å²) in [5.74, 6) is -0.314. The summed E-state index contributed by atoms with van der Waals surface area (Å²) in [5, 5.41) is 6.04. The summed E-state index contributed by atoms with van der Waals surface area (Å²) in [7, 11) is 1.35. The van der Waals surface area contributed by atoms with Crippen molar-refractivity contribution >= 4 is 30.0 Å². The van der Waals surface area contributed by atoms with Crippen molar-refractivity contribution in [1.82, 2.24) is 5.32 Å². The average molecular weight is 299 g/mol. The lowest BCUT2D eigenvalue weighted by molar-refractivity contribution is -0.119. The number of amides is 1. The van der Waals surface area contributed by atoms with Crippen molar-refractivity contribution in [2.75, 3.05) is 25.5 Å². The minimum Gasteiger partial charge on any atom is -0.465 e. The molecule has 0 bridgehead atoms. The Bertz CT molecular complexity index is 499. The average Bonchev–Trinajstić information content (AvgIpc) is 2.92. The molecule has 0 aromatic heterocycles. The first-order valence-corrected chi connectivity index (χ1v) is 6.32. The molecule has 1 aliphatic rings. The van der Waals surface area contributed by atoms with Crippen LogP contribution in [0.15, 0.2) is 18.2 Å². The quantitative estimate of drug-likeness (QED) is 0.834. The molecule has 0 radical (unpaired) electrons. The van der Waals surface area contributed by atoms with E-state index in [9.17, 15) is 9.59 Å². The fraction of sp³-hybridized carbons (Fsp3) is 0.429. The predicted molar refractivity (Wildman–Crippen MR) is 79.4 cm³/mol. The Morgan fingerprint density at radius 2 is 2.15 bits per heavy atom. The molecule has 0 spiro atoms. The Kier molecular flexibility index (Phi) is 5.98. The smallest absolute Gasteiger partial charge is 0.338 e. The van der Waals surface area contributed by atoms with Crippen LogP contribution in [-0.2, 0) is 9.53 Å². The highest BCUT2D eigenvalue weighted by atomic mass is 35.5. The Morgan fingerprint density at radius 1 is 1.40 bits per heavy atom. The largest absolute Gasteiger partial charge is 0.465 e. The second kappa shape index (κ2) is 7.26. The van der Waals surface area contributed by atoms with Gasteiger partial charge >= 0.3 is 5.97 Å². The molecule has 6 heteroatoms. The van der Waals surface area contributed by atoms with Gasteiger partial charge in [-0.15, -0.1) is 12.4 Å². The summed E-state index contributed by atoms with van der Waals surface area (Å²) in [4.78, 5) is 23.4. The predicted octanol–water partition coefficient (Wildman–Crippen LogP) is 1.75. The van der Waals surface area contributed by atoms with Crippen LogP contribution in [0.3, 0.4) is 0 Å². The maximum Gasteiger partial charge on any atom is 0.338 e. The van der Waals surface area contributed by atoms with Gasteiger partial charge in [0.1, 0.15) is 0 Å². The number of esters is 1. The Labute approximate surface area is 124 Å². The van der Waals surface area contributed by atoms with Crippen molar-refractivity contribution < 1.29 is 14.3 Å². The molecule has 5 nitrogen and oxygen atoms in total. The molecule has 0 aliphatic carbocycles. The summed E-state index contributed by atoms with van der Waals surface area (Å²) >= 11 is 0. The fourth-order valence-electron chi connectivity index (χ4n) is 2.20. The zero-order valence-electron chi connectivity index (χ0n) is 11.6. The van der Waals surface area contributed by atoms with Crippen LogP contribution in [0, 0.1) is 12.8 Å². The van der Waals surface area contributed by atoms with Gasteiger partial charge in [-0.3, -0.25) is 4.79 Å². The maximum atomic E-state index is 12.0. The van der Waals surface area contributed by atoms with Gasteiger partial charge in [0, 0.05) is 12.2 Å². The third kappa shape index (κ3) is 3.71. The molecule has 1 unspecified atom stereocenters. The minimum absolute atomic E-state index is 0. The highest BCUT2D eigenvalue weighted by Crippen LogP contribution is 2.18. The standard InChI is InChI=1S/C14H18N2O3.ClH/c1-9-7-11(3-4-12(9)14(18)19-2)16-13(17)10-5-6-15-8-10;/h3-4,7,10,15H,5-6,8H2,1-2H3,(H,16,17);1H. The van der Waals surface area contributed by atoms with Gasteiger partial charge in [0.2, 0.25) is 5.91 Å². The van der Waals surface area contributed by atoms with Crippen LogP contribution >= 0.6 is 12.4 Å². The molecule has 1 saturated heterocycles. The van der Waals surface area contributed by atoms with Crippen LogP contribution in [0.25, 0.3) is 0 Å². The summed E-state index contributed by atoms with van der Waals surface area (Å²) in [6, 6.07) is 5.18. The molecule has 1 atom stereocenters. The summed E-state index contributed by atoms with van der Waals surface area (Å²) in [6.07, 6.45) is 0.866. The maximum absolute atomic E-state index is 12.0. The van der Waals surface area contributed by atoms with Gasteiger partial charge in [0.15, 0.2) is 0 Å². The molecule has 1 amide bonds. The third-order valence-corrected chi connectivity index (χ3v) is 3.33. The van der Waals surface area contributed by atoms with Crippen LogP contribution in [-0.4, -0.2) is 32.1 Å². The Balaban J connectivity index is 0.00000200. The van der Waals surface area contributed by atoms with E-state index >= 15 is 0 Å². The molecule has 1 aromatic carbocycles. The number of ether oxygens (including phenoxy) is 1. The van der Waals surface area contributed by atoms with E-state index in [-0.39, 0.29) is 30.2 Å². The van der Waals surface area contributed by atoms with Crippen LogP contribution in [0.4, 0.5) is 5.69 Å². The molecule has 0 saturated carbocycles. The van der Waals surface area contributed by atoms with Crippen LogP contribution in [0.2, 0.25) is 0 Å². The van der Waals surface area contributed by atoms with E-state index in [4.69, 9.17) is 0 Å². The molecule has 1 aliphatic heterocycles. The second-order valence-corrected chi connectivity index (χ2v) is 4.70. The molecule has 2 rings (SSSR count). The summed E-state index contributed by atoms with van der Waals surface area (Å²) < 4.78 is 4.68. The number of methoxy groups -OCH3 is 1. The lowest BCUT2D eigenvalue weighted by Crippen LogP contribution is -2.24. The number of benzene rings is 1. The number of hydrogen-bond acceptors (Lipinski definition) is 4. The number of carbonyl (C=O) groups excluding carboxylic acids is 2. The number of aryl methyl sites for hydroxylation is 1. The topological polar surface area (TPSA) is 67.4 Å². The third-order valence-electron chi connectivity index (χ3n) is 3.33.